The van der Waals surface area contributed by atoms with Crippen LogP contribution in [0.2, 0.25) is 0 Å². The van der Waals surface area contributed by atoms with Crippen LogP contribution in [-0.4, -0.2) is 38.3 Å². The van der Waals surface area contributed by atoms with Crippen molar-refractivity contribution in [3.05, 3.63) is 0 Å². The first-order valence-electron chi connectivity index (χ1n) is 4.83. The number of nitrogens with one attached hydrogen (secondary N) is 1. The Labute approximate surface area is 86.0 Å². The Morgan fingerprint density at radius 2 is 1.93 bits per heavy atom. The highest BCUT2D eigenvalue weighted by molar-refractivity contribution is 7.91. The Kier molecular flexibility index (Phi) is 5.95. The van der Waals surface area contributed by atoms with E-state index in [4.69, 9.17) is 0 Å². The molecule has 0 unspecified atom stereocenters. The van der Waals surface area contributed by atoms with Crippen LogP contribution in [0.3, 0.4) is 0 Å². The first-order valence-corrected chi connectivity index (χ1v) is 6.65. The van der Waals surface area contributed by atoms with Crippen LogP contribution >= 0.6 is 0 Å². The van der Waals surface area contributed by atoms with E-state index in [2.05, 4.69) is 5.32 Å². The molecule has 0 aliphatic rings. The van der Waals surface area contributed by atoms with Gasteiger partial charge in [-0.3, -0.25) is 4.79 Å². The molecule has 0 aliphatic heterocycles. The molecule has 5 heteroatoms. The van der Waals surface area contributed by atoms with Crippen LogP contribution in [0.4, 0.5) is 0 Å². The Morgan fingerprint density at radius 3 is 2.36 bits per heavy atom. The zero-order valence-corrected chi connectivity index (χ0v) is 9.86. The molecule has 84 valence electrons. The number of rotatable bonds is 7. The summed E-state index contributed by atoms with van der Waals surface area (Å²) in [5.74, 6) is 0.0377. The summed E-state index contributed by atoms with van der Waals surface area (Å²) in [5.41, 5.74) is 0. The molecule has 0 spiro atoms. The number of ketones is 1. The highest BCUT2D eigenvalue weighted by Gasteiger charge is 2.10. The molecule has 4 nitrogen and oxygen atoms in total. The number of carbonyl (C=O) groups excluding carboxylic acids is 1. The van der Waals surface area contributed by atoms with Gasteiger partial charge >= 0.3 is 0 Å². The third-order valence-corrected chi connectivity index (χ3v) is 3.54. The molecule has 0 aromatic rings. The largest absolute Gasteiger partial charge is 0.308 e. The van der Waals surface area contributed by atoms with E-state index < -0.39 is 9.84 Å². The van der Waals surface area contributed by atoms with E-state index >= 15 is 0 Å². The minimum absolute atomic E-state index is 0.0257. The molecule has 0 rings (SSSR count). The number of hydrogen-bond donors (Lipinski definition) is 1. The van der Waals surface area contributed by atoms with Gasteiger partial charge in [-0.15, -0.1) is 0 Å². The zero-order valence-electron chi connectivity index (χ0n) is 9.04. The van der Waals surface area contributed by atoms with E-state index in [1.807, 2.05) is 13.8 Å². The van der Waals surface area contributed by atoms with Crippen LogP contribution in [0.1, 0.15) is 27.2 Å². The van der Waals surface area contributed by atoms with Crippen LogP contribution in [0, 0.1) is 0 Å². The molecule has 14 heavy (non-hydrogen) atoms. The highest BCUT2D eigenvalue weighted by Crippen LogP contribution is 1.94. The van der Waals surface area contributed by atoms with Crippen molar-refractivity contribution in [1.29, 1.82) is 0 Å². The lowest BCUT2D eigenvalue weighted by Crippen LogP contribution is -2.30. The summed E-state index contributed by atoms with van der Waals surface area (Å²) in [6.07, 6.45) is 0.121. The summed E-state index contributed by atoms with van der Waals surface area (Å²) >= 11 is 0. The molecular weight excluding hydrogens is 202 g/mol. The SMILES string of the molecule is CCS(=O)(=O)CCC(=O)CNC(C)C. The zero-order chi connectivity index (χ0) is 11.2. The monoisotopic (exact) mass is 221 g/mol. The molecule has 0 aliphatic carbocycles. The third-order valence-electron chi connectivity index (χ3n) is 1.84. The van der Waals surface area contributed by atoms with E-state index in [9.17, 15) is 13.2 Å². The van der Waals surface area contributed by atoms with Crippen molar-refractivity contribution in [3.8, 4) is 0 Å². The molecule has 0 radical (unpaired) electrons. The number of Topliss-reactive ketones (excluding diaryl/α,β-unsaturated/α-hetero) is 1. The van der Waals surface area contributed by atoms with Crippen LogP contribution in [-0.2, 0) is 14.6 Å². The average Bonchev–Trinajstić information content (AvgIpc) is 2.11. The van der Waals surface area contributed by atoms with Gasteiger partial charge in [-0.05, 0) is 0 Å². The van der Waals surface area contributed by atoms with Gasteiger partial charge in [0.15, 0.2) is 0 Å². The van der Waals surface area contributed by atoms with Crippen LogP contribution in [0.5, 0.6) is 0 Å². The first-order chi connectivity index (χ1) is 6.37. The number of sulfone groups is 1. The van der Waals surface area contributed by atoms with Gasteiger partial charge in [0.2, 0.25) is 0 Å². The van der Waals surface area contributed by atoms with E-state index in [1.54, 1.807) is 6.92 Å². The summed E-state index contributed by atoms with van der Waals surface area (Å²) in [6, 6.07) is 0.252. The predicted molar refractivity (Wildman–Crippen MR) is 57.1 cm³/mol. The summed E-state index contributed by atoms with van der Waals surface area (Å²) in [7, 11) is -3.00. The van der Waals surface area contributed by atoms with Gasteiger partial charge in [0.25, 0.3) is 0 Å². The predicted octanol–water partition coefficient (Wildman–Crippen LogP) is 0.378. The molecular formula is C9H19NO3S. The lowest BCUT2D eigenvalue weighted by molar-refractivity contribution is -0.117. The minimum Gasteiger partial charge on any atom is -0.308 e. The van der Waals surface area contributed by atoms with Gasteiger partial charge in [-0.2, -0.15) is 0 Å². The molecule has 0 heterocycles. The van der Waals surface area contributed by atoms with E-state index in [0.29, 0.717) is 0 Å². The van der Waals surface area contributed by atoms with Crippen molar-refractivity contribution in [2.24, 2.45) is 0 Å². The quantitative estimate of drug-likeness (QED) is 0.675. The molecule has 0 atom stereocenters. The smallest absolute Gasteiger partial charge is 0.150 e. The van der Waals surface area contributed by atoms with Gasteiger partial charge < -0.3 is 5.32 Å². The maximum Gasteiger partial charge on any atom is 0.150 e. The molecule has 0 fully saturated rings. The number of hydrogen-bond acceptors (Lipinski definition) is 4. The van der Waals surface area contributed by atoms with Crippen molar-refractivity contribution in [2.45, 2.75) is 33.2 Å². The molecule has 1 N–H and O–H groups in total. The van der Waals surface area contributed by atoms with Crippen molar-refractivity contribution >= 4 is 15.6 Å². The second-order valence-corrected chi connectivity index (χ2v) is 6.03. The average molecular weight is 221 g/mol. The molecule has 0 saturated heterocycles. The maximum absolute atomic E-state index is 11.2. The van der Waals surface area contributed by atoms with E-state index in [-0.39, 0.29) is 36.3 Å². The third kappa shape index (κ3) is 7.03. The van der Waals surface area contributed by atoms with E-state index in [0.717, 1.165) is 0 Å². The summed E-state index contributed by atoms with van der Waals surface area (Å²) in [6.45, 7) is 5.73. The Morgan fingerprint density at radius 1 is 1.36 bits per heavy atom. The van der Waals surface area contributed by atoms with Crippen molar-refractivity contribution in [3.63, 3.8) is 0 Å². The fourth-order valence-corrected chi connectivity index (χ4v) is 1.65. The van der Waals surface area contributed by atoms with E-state index in [1.165, 1.54) is 0 Å². The van der Waals surface area contributed by atoms with Crippen LogP contribution < -0.4 is 5.32 Å². The lowest BCUT2D eigenvalue weighted by atomic mass is 10.3. The van der Waals surface area contributed by atoms with Gasteiger partial charge in [-0.25, -0.2) is 8.42 Å². The summed E-state index contributed by atoms with van der Waals surface area (Å²) in [5, 5.41) is 2.96. The lowest BCUT2D eigenvalue weighted by Gasteiger charge is -2.06. The van der Waals surface area contributed by atoms with Gasteiger partial charge in [-0.1, -0.05) is 20.8 Å². The summed E-state index contributed by atoms with van der Waals surface area (Å²) < 4.78 is 22.1. The first kappa shape index (κ1) is 13.6. The van der Waals surface area contributed by atoms with Crippen molar-refractivity contribution in [2.75, 3.05) is 18.1 Å². The fraction of sp³-hybridized carbons (Fsp3) is 0.889. The Balaban J connectivity index is 3.75. The molecule has 0 saturated carbocycles. The minimum atomic E-state index is -3.00. The Hall–Kier alpha value is -0.420. The standard InChI is InChI=1S/C9H19NO3S/c1-4-14(12,13)6-5-9(11)7-10-8(2)3/h8,10H,4-7H2,1-3H3. The molecule has 0 amide bonds. The van der Waals surface area contributed by atoms with Crippen molar-refractivity contribution in [1.82, 2.24) is 5.32 Å². The van der Waals surface area contributed by atoms with Crippen LogP contribution in [0.15, 0.2) is 0 Å². The molecule has 0 bridgehead atoms. The normalized spacial score (nSPS) is 12.0. The van der Waals surface area contributed by atoms with Gasteiger partial charge in [0.05, 0.1) is 12.3 Å². The second-order valence-electron chi connectivity index (χ2n) is 3.56. The second kappa shape index (κ2) is 6.14. The number of carbonyl (C=O) groups is 1. The fourth-order valence-electron chi connectivity index (χ4n) is 0.820. The van der Waals surface area contributed by atoms with Crippen molar-refractivity contribution < 1.29 is 13.2 Å². The topological polar surface area (TPSA) is 63.2 Å². The maximum atomic E-state index is 11.2. The Bertz CT molecular complexity index is 270. The van der Waals surface area contributed by atoms with Crippen LogP contribution in [0.25, 0.3) is 0 Å². The molecule has 0 aromatic heterocycles. The molecule has 0 aromatic carbocycles. The van der Waals surface area contributed by atoms with Gasteiger partial charge in [0, 0.05) is 18.2 Å². The van der Waals surface area contributed by atoms with Gasteiger partial charge in [0.1, 0.15) is 15.6 Å². The highest BCUT2D eigenvalue weighted by atomic mass is 32.2. The summed E-state index contributed by atoms with van der Waals surface area (Å²) in [4.78, 5) is 11.2.